The minimum Gasteiger partial charge on any atom is -0.384 e. The molecular formula is C16H14ClNO2S. The minimum absolute atomic E-state index is 0.176. The van der Waals surface area contributed by atoms with Crippen molar-refractivity contribution in [1.82, 2.24) is 5.32 Å². The van der Waals surface area contributed by atoms with Gasteiger partial charge in [-0.3, -0.25) is 4.79 Å². The van der Waals surface area contributed by atoms with Gasteiger partial charge < -0.3 is 10.4 Å². The summed E-state index contributed by atoms with van der Waals surface area (Å²) in [4.78, 5) is 14.4. The van der Waals surface area contributed by atoms with Crippen LogP contribution in [0.1, 0.15) is 25.7 Å². The van der Waals surface area contributed by atoms with Crippen LogP contribution in [0.15, 0.2) is 30.3 Å². The Balaban J connectivity index is 2.04. The van der Waals surface area contributed by atoms with E-state index in [2.05, 4.69) is 17.2 Å². The second kappa shape index (κ2) is 7.28. The summed E-state index contributed by atoms with van der Waals surface area (Å²) >= 11 is 7.72. The van der Waals surface area contributed by atoms with E-state index in [0.29, 0.717) is 22.7 Å². The number of carbonyl (C=O) groups excluding carboxylic acids is 1. The number of thiophene rings is 1. The molecule has 0 saturated carbocycles. The first-order valence-corrected chi connectivity index (χ1v) is 7.52. The van der Waals surface area contributed by atoms with Gasteiger partial charge in [0, 0.05) is 20.9 Å². The molecule has 0 bridgehead atoms. The van der Waals surface area contributed by atoms with Crippen LogP contribution in [-0.4, -0.2) is 17.6 Å². The van der Waals surface area contributed by atoms with Crippen molar-refractivity contribution in [2.24, 2.45) is 0 Å². The molecule has 2 N–H and O–H groups in total. The van der Waals surface area contributed by atoms with Gasteiger partial charge in [-0.05, 0) is 37.3 Å². The van der Waals surface area contributed by atoms with Crippen LogP contribution in [0.25, 0.3) is 0 Å². The van der Waals surface area contributed by atoms with Crippen molar-refractivity contribution in [2.75, 3.05) is 6.61 Å². The van der Waals surface area contributed by atoms with Crippen LogP contribution in [-0.2, 0) is 6.54 Å². The highest BCUT2D eigenvalue weighted by atomic mass is 35.5. The van der Waals surface area contributed by atoms with E-state index < -0.39 is 0 Å². The summed E-state index contributed by atoms with van der Waals surface area (Å²) in [5.74, 6) is 5.08. The van der Waals surface area contributed by atoms with Crippen molar-refractivity contribution in [2.45, 2.75) is 13.5 Å². The minimum atomic E-state index is -0.223. The van der Waals surface area contributed by atoms with Gasteiger partial charge in [0.05, 0.1) is 11.6 Å². The van der Waals surface area contributed by atoms with Crippen molar-refractivity contribution >= 4 is 28.8 Å². The van der Waals surface area contributed by atoms with E-state index in [4.69, 9.17) is 16.7 Å². The van der Waals surface area contributed by atoms with Crippen LogP contribution in [0.2, 0.25) is 5.02 Å². The van der Waals surface area contributed by atoms with Crippen molar-refractivity contribution in [1.29, 1.82) is 0 Å². The van der Waals surface area contributed by atoms with Crippen molar-refractivity contribution in [3.63, 3.8) is 0 Å². The number of aliphatic hydroxyl groups excluding tert-OH is 1. The summed E-state index contributed by atoms with van der Waals surface area (Å²) in [5.41, 5.74) is 1.08. The SMILES string of the molecule is Cc1ccc(CNC(=O)c2ccc(C#CCO)c(Cl)c2)s1. The third-order valence-corrected chi connectivity index (χ3v) is 4.07. The molecule has 21 heavy (non-hydrogen) atoms. The first-order valence-electron chi connectivity index (χ1n) is 6.33. The second-order valence-corrected chi connectivity index (χ2v) is 6.13. The number of nitrogens with one attached hydrogen (secondary N) is 1. The highest BCUT2D eigenvalue weighted by Crippen LogP contribution is 2.18. The first kappa shape index (κ1) is 15.6. The van der Waals surface area contributed by atoms with E-state index in [0.717, 1.165) is 4.88 Å². The number of rotatable bonds is 3. The molecule has 0 fully saturated rings. The largest absolute Gasteiger partial charge is 0.384 e. The Kier molecular flexibility index (Phi) is 5.40. The Morgan fingerprint density at radius 1 is 1.38 bits per heavy atom. The Bertz CT molecular complexity index is 713. The zero-order chi connectivity index (χ0) is 15.2. The van der Waals surface area contributed by atoms with Gasteiger partial charge in [-0.1, -0.05) is 23.4 Å². The first-order chi connectivity index (χ1) is 10.1. The maximum Gasteiger partial charge on any atom is 0.251 e. The lowest BCUT2D eigenvalue weighted by Crippen LogP contribution is -2.22. The smallest absolute Gasteiger partial charge is 0.251 e. The van der Waals surface area contributed by atoms with E-state index in [1.165, 1.54) is 4.88 Å². The molecule has 0 aliphatic heterocycles. The zero-order valence-corrected chi connectivity index (χ0v) is 13.0. The Labute approximate surface area is 132 Å². The van der Waals surface area contributed by atoms with Gasteiger partial charge in [-0.2, -0.15) is 0 Å². The van der Waals surface area contributed by atoms with Crippen LogP contribution < -0.4 is 5.32 Å². The maximum absolute atomic E-state index is 12.1. The molecular weight excluding hydrogens is 306 g/mol. The molecule has 0 unspecified atom stereocenters. The monoisotopic (exact) mass is 319 g/mol. The fourth-order valence-electron chi connectivity index (χ4n) is 1.74. The summed E-state index contributed by atoms with van der Waals surface area (Å²) < 4.78 is 0. The highest BCUT2D eigenvalue weighted by Gasteiger charge is 2.08. The summed E-state index contributed by atoms with van der Waals surface area (Å²) in [6.45, 7) is 2.31. The topological polar surface area (TPSA) is 49.3 Å². The highest BCUT2D eigenvalue weighted by molar-refractivity contribution is 7.11. The predicted molar refractivity (Wildman–Crippen MR) is 85.6 cm³/mol. The average molecular weight is 320 g/mol. The number of hydrogen-bond donors (Lipinski definition) is 2. The van der Waals surface area contributed by atoms with Gasteiger partial charge in [0.1, 0.15) is 6.61 Å². The van der Waals surface area contributed by atoms with Crippen LogP contribution in [0, 0.1) is 18.8 Å². The van der Waals surface area contributed by atoms with E-state index >= 15 is 0 Å². The molecule has 0 spiro atoms. The maximum atomic E-state index is 12.1. The van der Waals surface area contributed by atoms with E-state index in [-0.39, 0.29) is 12.5 Å². The summed E-state index contributed by atoms with van der Waals surface area (Å²) in [5, 5.41) is 11.9. The Morgan fingerprint density at radius 3 is 2.81 bits per heavy atom. The second-order valence-electron chi connectivity index (χ2n) is 4.35. The average Bonchev–Trinajstić information content (AvgIpc) is 2.89. The summed E-state index contributed by atoms with van der Waals surface area (Å²) in [6.07, 6.45) is 0. The molecule has 5 heteroatoms. The lowest BCUT2D eigenvalue weighted by Gasteiger charge is -2.05. The number of aliphatic hydroxyl groups is 1. The van der Waals surface area contributed by atoms with Gasteiger partial charge in [-0.25, -0.2) is 0 Å². The molecule has 1 aromatic heterocycles. The fraction of sp³-hybridized carbons (Fsp3) is 0.188. The number of benzene rings is 1. The lowest BCUT2D eigenvalue weighted by atomic mass is 10.1. The number of hydrogen-bond acceptors (Lipinski definition) is 3. The van der Waals surface area contributed by atoms with Crippen LogP contribution in [0.3, 0.4) is 0 Å². The van der Waals surface area contributed by atoms with Crippen LogP contribution in [0.5, 0.6) is 0 Å². The standard InChI is InChI=1S/C16H14ClNO2S/c1-11-4-7-14(21-11)10-18-16(20)13-6-5-12(3-2-8-19)15(17)9-13/h4-7,9,19H,8,10H2,1H3,(H,18,20). The van der Waals surface area contributed by atoms with E-state index in [1.807, 2.05) is 19.1 Å². The fourth-order valence-corrected chi connectivity index (χ4v) is 2.80. The van der Waals surface area contributed by atoms with Gasteiger partial charge in [0.2, 0.25) is 0 Å². The molecule has 3 nitrogen and oxygen atoms in total. The molecule has 0 atom stereocenters. The molecule has 1 heterocycles. The normalized spacial score (nSPS) is 9.86. The van der Waals surface area contributed by atoms with Gasteiger partial charge in [0.15, 0.2) is 0 Å². The quantitative estimate of drug-likeness (QED) is 0.855. The molecule has 0 aliphatic rings. The third-order valence-electron chi connectivity index (χ3n) is 2.75. The molecule has 0 saturated heterocycles. The summed E-state index contributed by atoms with van der Waals surface area (Å²) in [7, 11) is 0. The molecule has 2 aromatic rings. The number of carbonyl (C=O) groups is 1. The van der Waals surface area contributed by atoms with Gasteiger partial charge in [0.25, 0.3) is 5.91 Å². The molecule has 0 aliphatic carbocycles. The van der Waals surface area contributed by atoms with E-state index in [9.17, 15) is 4.79 Å². The van der Waals surface area contributed by atoms with E-state index in [1.54, 1.807) is 29.5 Å². The summed E-state index contributed by atoms with van der Waals surface area (Å²) in [6, 6.07) is 8.95. The van der Waals surface area contributed by atoms with Crippen molar-refractivity contribution < 1.29 is 9.90 Å². The van der Waals surface area contributed by atoms with Crippen LogP contribution >= 0.6 is 22.9 Å². The predicted octanol–water partition coefficient (Wildman–Crippen LogP) is 2.98. The number of amides is 1. The van der Waals surface area contributed by atoms with Gasteiger partial charge >= 0.3 is 0 Å². The number of halogens is 1. The number of aryl methyl sites for hydroxylation is 1. The molecule has 108 valence electrons. The van der Waals surface area contributed by atoms with Crippen molar-refractivity contribution in [3.05, 3.63) is 56.2 Å². The Hall–Kier alpha value is -1.80. The molecule has 1 aromatic carbocycles. The molecule has 1 amide bonds. The third kappa shape index (κ3) is 4.33. The molecule has 2 rings (SSSR count). The lowest BCUT2D eigenvalue weighted by molar-refractivity contribution is 0.0951. The van der Waals surface area contributed by atoms with Crippen molar-refractivity contribution in [3.8, 4) is 11.8 Å². The Morgan fingerprint density at radius 2 is 2.19 bits per heavy atom. The van der Waals surface area contributed by atoms with Crippen LogP contribution in [0.4, 0.5) is 0 Å². The van der Waals surface area contributed by atoms with Gasteiger partial charge in [-0.15, -0.1) is 11.3 Å². The molecule has 0 radical (unpaired) electrons. The zero-order valence-electron chi connectivity index (χ0n) is 11.4.